The Morgan fingerprint density at radius 2 is 2.00 bits per heavy atom. The van der Waals surface area contributed by atoms with Gasteiger partial charge in [0.05, 0.1) is 25.6 Å². The first kappa shape index (κ1) is 22.7. The highest BCUT2D eigenvalue weighted by Gasteiger charge is 2.26. The average molecular weight is 434 g/mol. The predicted octanol–water partition coefficient (Wildman–Crippen LogP) is 2.29. The fourth-order valence-electron chi connectivity index (χ4n) is 3.35. The molecule has 1 amide bonds. The minimum atomic E-state index is -1.01. The number of carbonyl (C=O) groups is 2. The van der Waals surface area contributed by atoms with E-state index < -0.39 is 12.1 Å². The minimum absolute atomic E-state index is 0.183. The predicted molar refractivity (Wildman–Crippen MR) is 114 cm³/mol. The van der Waals surface area contributed by atoms with E-state index in [-0.39, 0.29) is 18.6 Å². The van der Waals surface area contributed by atoms with Gasteiger partial charge in [-0.3, -0.25) is 4.79 Å². The highest BCUT2D eigenvalue weighted by molar-refractivity contribution is 5.90. The molecule has 3 heterocycles. The SMILES string of the molecule is CCCCCN(C(=O)OC(C)C)c1nc(N2CCOCC2)c2ncn(CC(=O)O)c2n1. The molecule has 0 unspecified atom stereocenters. The maximum absolute atomic E-state index is 12.8. The molecule has 1 saturated heterocycles. The van der Waals surface area contributed by atoms with Crippen molar-refractivity contribution in [3.05, 3.63) is 6.33 Å². The van der Waals surface area contributed by atoms with Crippen molar-refractivity contribution in [2.24, 2.45) is 0 Å². The number of fused-ring (bicyclic) bond motifs is 1. The molecule has 0 aliphatic carbocycles. The second-order valence-electron chi connectivity index (χ2n) is 7.68. The second kappa shape index (κ2) is 10.4. The Balaban J connectivity index is 2.08. The summed E-state index contributed by atoms with van der Waals surface area (Å²) in [6.45, 7) is 8.09. The van der Waals surface area contributed by atoms with Gasteiger partial charge in [-0.05, 0) is 20.3 Å². The summed E-state index contributed by atoms with van der Waals surface area (Å²) in [5.41, 5.74) is 0.865. The third-order valence-corrected chi connectivity index (χ3v) is 4.83. The van der Waals surface area contributed by atoms with Crippen LogP contribution in [0, 0.1) is 0 Å². The lowest BCUT2D eigenvalue weighted by molar-refractivity contribution is -0.137. The largest absolute Gasteiger partial charge is 0.480 e. The average Bonchev–Trinajstić information content (AvgIpc) is 3.12. The van der Waals surface area contributed by atoms with Crippen LogP contribution in [0.15, 0.2) is 6.33 Å². The molecule has 0 aromatic carbocycles. The molecule has 1 fully saturated rings. The molecule has 1 N–H and O–H groups in total. The molecule has 11 heteroatoms. The lowest BCUT2D eigenvalue weighted by Gasteiger charge is -2.29. The Labute approximate surface area is 181 Å². The normalized spacial score (nSPS) is 14.3. The van der Waals surface area contributed by atoms with E-state index in [0.717, 1.165) is 19.3 Å². The summed E-state index contributed by atoms with van der Waals surface area (Å²) >= 11 is 0. The zero-order valence-electron chi connectivity index (χ0n) is 18.3. The van der Waals surface area contributed by atoms with Crippen LogP contribution in [0.2, 0.25) is 0 Å². The summed E-state index contributed by atoms with van der Waals surface area (Å²) in [5.74, 6) is -0.264. The van der Waals surface area contributed by atoms with Crippen molar-refractivity contribution in [2.75, 3.05) is 42.6 Å². The third kappa shape index (κ3) is 5.60. The number of carboxylic acid groups (broad SMARTS) is 1. The summed E-state index contributed by atoms with van der Waals surface area (Å²) < 4.78 is 12.3. The lowest BCUT2D eigenvalue weighted by atomic mass is 10.2. The Morgan fingerprint density at radius 3 is 2.65 bits per heavy atom. The molecule has 2 aromatic heterocycles. The monoisotopic (exact) mass is 434 g/mol. The van der Waals surface area contributed by atoms with Gasteiger partial charge in [-0.15, -0.1) is 0 Å². The zero-order valence-corrected chi connectivity index (χ0v) is 18.3. The molecule has 0 atom stereocenters. The molecule has 0 saturated carbocycles. The number of amides is 1. The first-order chi connectivity index (χ1) is 14.9. The van der Waals surface area contributed by atoms with Crippen LogP contribution in [0.1, 0.15) is 40.0 Å². The van der Waals surface area contributed by atoms with Crippen molar-refractivity contribution in [3.8, 4) is 0 Å². The van der Waals surface area contributed by atoms with Gasteiger partial charge in [-0.1, -0.05) is 19.8 Å². The Bertz CT molecular complexity index is 909. The number of hydrogen-bond donors (Lipinski definition) is 1. The van der Waals surface area contributed by atoms with Crippen molar-refractivity contribution in [1.82, 2.24) is 19.5 Å². The van der Waals surface area contributed by atoms with Gasteiger partial charge in [0.15, 0.2) is 17.0 Å². The third-order valence-electron chi connectivity index (χ3n) is 4.83. The molecule has 0 radical (unpaired) electrons. The van der Waals surface area contributed by atoms with Crippen molar-refractivity contribution in [1.29, 1.82) is 0 Å². The van der Waals surface area contributed by atoms with E-state index in [2.05, 4.69) is 21.9 Å². The fourth-order valence-corrected chi connectivity index (χ4v) is 3.35. The number of hydrogen-bond acceptors (Lipinski definition) is 8. The molecular weight excluding hydrogens is 404 g/mol. The minimum Gasteiger partial charge on any atom is -0.480 e. The molecule has 3 rings (SSSR count). The second-order valence-corrected chi connectivity index (χ2v) is 7.68. The summed E-state index contributed by atoms with van der Waals surface area (Å²) in [4.78, 5) is 41.2. The van der Waals surface area contributed by atoms with Crippen LogP contribution in [0.25, 0.3) is 11.2 Å². The van der Waals surface area contributed by atoms with Gasteiger partial charge in [0, 0.05) is 19.6 Å². The van der Waals surface area contributed by atoms with Gasteiger partial charge < -0.3 is 24.0 Å². The Kier molecular flexibility index (Phi) is 7.61. The molecule has 31 heavy (non-hydrogen) atoms. The number of ether oxygens (including phenoxy) is 2. The van der Waals surface area contributed by atoms with Crippen molar-refractivity contribution < 1.29 is 24.2 Å². The Morgan fingerprint density at radius 1 is 1.26 bits per heavy atom. The lowest BCUT2D eigenvalue weighted by Crippen LogP contribution is -2.39. The zero-order chi connectivity index (χ0) is 22.4. The summed E-state index contributed by atoms with van der Waals surface area (Å²) in [7, 11) is 0. The molecule has 170 valence electrons. The number of carboxylic acids is 1. The Hall–Kier alpha value is -2.95. The molecule has 0 bridgehead atoms. The number of aliphatic carboxylic acids is 1. The van der Waals surface area contributed by atoms with Crippen molar-refractivity contribution in [3.63, 3.8) is 0 Å². The van der Waals surface area contributed by atoms with Gasteiger partial charge in [-0.2, -0.15) is 9.97 Å². The van der Waals surface area contributed by atoms with Crippen LogP contribution < -0.4 is 9.80 Å². The summed E-state index contributed by atoms with van der Waals surface area (Å²) in [6, 6.07) is 0. The van der Waals surface area contributed by atoms with Gasteiger partial charge in [0.1, 0.15) is 6.54 Å². The summed E-state index contributed by atoms with van der Waals surface area (Å²) in [5, 5.41) is 9.27. The van der Waals surface area contributed by atoms with Crippen LogP contribution in [-0.2, 0) is 20.8 Å². The number of imidazole rings is 1. The number of aromatic nitrogens is 4. The van der Waals surface area contributed by atoms with E-state index in [0.29, 0.717) is 49.8 Å². The van der Waals surface area contributed by atoms with Crippen LogP contribution in [-0.4, -0.2) is 75.6 Å². The molecule has 1 aliphatic rings. The van der Waals surface area contributed by atoms with E-state index in [1.807, 2.05) is 4.90 Å². The van der Waals surface area contributed by atoms with Crippen LogP contribution in [0.3, 0.4) is 0 Å². The highest BCUT2D eigenvalue weighted by atomic mass is 16.6. The van der Waals surface area contributed by atoms with E-state index in [4.69, 9.17) is 9.47 Å². The number of anilines is 2. The maximum atomic E-state index is 12.8. The number of morpholine rings is 1. The van der Waals surface area contributed by atoms with E-state index in [1.165, 1.54) is 15.8 Å². The highest BCUT2D eigenvalue weighted by Crippen LogP contribution is 2.27. The standard InChI is InChI=1S/C20H30N6O5/c1-4-5-6-7-26(20(29)31-14(2)3)19-22-17(24-8-10-30-11-9-24)16-18(23-19)25(13-21-16)12-15(27)28/h13-14H,4-12H2,1-3H3,(H,27,28). The molecule has 2 aromatic rings. The van der Waals surface area contributed by atoms with Crippen LogP contribution in [0.5, 0.6) is 0 Å². The van der Waals surface area contributed by atoms with E-state index in [1.54, 1.807) is 13.8 Å². The first-order valence-electron chi connectivity index (χ1n) is 10.7. The topological polar surface area (TPSA) is 123 Å². The van der Waals surface area contributed by atoms with Gasteiger partial charge >= 0.3 is 12.1 Å². The smallest absolute Gasteiger partial charge is 0.416 e. The van der Waals surface area contributed by atoms with E-state index in [9.17, 15) is 14.7 Å². The van der Waals surface area contributed by atoms with Crippen LogP contribution >= 0.6 is 0 Å². The molecular formula is C20H30N6O5. The first-order valence-corrected chi connectivity index (χ1v) is 10.7. The fraction of sp³-hybridized carbons (Fsp3) is 0.650. The number of unbranched alkanes of at least 4 members (excludes halogenated alkanes) is 2. The van der Waals surface area contributed by atoms with Gasteiger partial charge in [-0.25, -0.2) is 14.7 Å². The maximum Gasteiger partial charge on any atom is 0.416 e. The van der Waals surface area contributed by atoms with Gasteiger partial charge in [0.2, 0.25) is 5.95 Å². The quantitative estimate of drug-likeness (QED) is 0.592. The number of rotatable bonds is 9. The van der Waals surface area contributed by atoms with Gasteiger partial charge in [0.25, 0.3) is 0 Å². The van der Waals surface area contributed by atoms with Crippen molar-refractivity contribution in [2.45, 2.75) is 52.7 Å². The van der Waals surface area contributed by atoms with Crippen LogP contribution in [0.4, 0.5) is 16.6 Å². The molecule has 1 aliphatic heterocycles. The summed E-state index contributed by atoms with van der Waals surface area (Å²) in [6.07, 6.45) is 3.34. The molecule has 11 nitrogen and oxygen atoms in total. The van der Waals surface area contributed by atoms with E-state index >= 15 is 0 Å². The number of nitrogens with zero attached hydrogens (tertiary/aromatic N) is 6. The number of carbonyl (C=O) groups excluding carboxylic acids is 1. The molecule has 0 spiro atoms. The van der Waals surface area contributed by atoms with Crippen molar-refractivity contribution >= 4 is 35.0 Å².